The van der Waals surface area contributed by atoms with Crippen LogP contribution in [0.4, 0.5) is 0 Å². The standard InChI is InChI=1S/C21H42O4.3C12H26/c1-2-3-4-5-6-7-8-9-10-11-12-13-14-15-16-17-21(24)25-19-20(23)18-22;3*1-3-5-7-9-11-12-10-8-6-4-2/h20,22-23H,2-19H2,1H3;3*3-12H2,1-2H3. The van der Waals surface area contributed by atoms with Gasteiger partial charge in [0.1, 0.15) is 12.7 Å². The summed E-state index contributed by atoms with van der Waals surface area (Å²) in [6.07, 6.45) is 62.4. The minimum atomic E-state index is -0.954. The molecule has 1 unspecified atom stereocenters. The topological polar surface area (TPSA) is 66.8 Å². The largest absolute Gasteiger partial charge is 0.463 e. The number of carbonyl (C=O) groups is 1. The first-order chi connectivity index (χ1) is 29.9. The molecule has 0 bridgehead atoms. The summed E-state index contributed by atoms with van der Waals surface area (Å²) >= 11 is 0. The highest BCUT2D eigenvalue weighted by Crippen LogP contribution is 2.15. The normalized spacial score (nSPS) is 11.2. The van der Waals surface area contributed by atoms with Gasteiger partial charge >= 0.3 is 5.97 Å². The molecule has 0 aromatic carbocycles. The summed E-state index contributed by atoms with van der Waals surface area (Å²) in [4.78, 5) is 11.4. The first-order valence-corrected chi connectivity index (χ1v) is 28.4. The maximum atomic E-state index is 11.4. The zero-order valence-electron chi connectivity index (χ0n) is 43.7. The van der Waals surface area contributed by atoms with Gasteiger partial charge in [-0.15, -0.1) is 0 Å². The molecule has 0 saturated carbocycles. The maximum Gasteiger partial charge on any atom is 0.305 e. The van der Waals surface area contributed by atoms with Crippen LogP contribution in [-0.4, -0.2) is 35.5 Å². The summed E-state index contributed by atoms with van der Waals surface area (Å²) < 4.78 is 4.86. The maximum absolute atomic E-state index is 11.4. The lowest BCUT2D eigenvalue weighted by Crippen LogP contribution is -2.21. The van der Waals surface area contributed by atoms with Crippen molar-refractivity contribution in [3.63, 3.8) is 0 Å². The van der Waals surface area contributed by atoms with Gasteiger partial charge in [-0.05, 0) is 6.42 Å². The molecule has 2 N–H and O–H groups in total. The van der Waals surface area contributed by atoms with Crippen molar-refractivity contribution < 1.29 is 19.7 Å². The van der Waals surface area contributed by atoms with E-state index in [9.17, 15) is 4.79 Å². The quantitative estimate of drug-likeness (QED) is 0.0472. The van der Waals surface area contributed by atoms with Crippen LogP contribution in [0.1, 0.15) is 344 Å². The van der Waals surface area contributed by atoms with Crippen LogP contribution in [0.15, 0.2) is 0 Å². The van der Waals surface area contributed by atoms with E-state index in [2.05, 4.69) is 48.5 Å². The summed E-state index contributed by atoms with van der Waals surface area (Å²) in [6.45, 7) is 15.5. The van der Waals surface area contributed by atoms with Crippen molar-refractivity contribution in [3.05, 3.63) is 0 Å². The lowest BCUT2D eigenvalue weighted by molar-refractivity contribution is -0.147. The molecular formula is C57H120O4. The number of hydrogen-bond acceptors (Lipinski definition) is 4. The van der Waals surface area contributed by atoms with E-state index >= 15 is 0 Å². The molecule has 0 radical (unpaired) electrons. The Morgan fingerprint density at radius 3 is 0.639 bits per heavy atom. The summed E-state index contributed by atoms with van der Waals surface area (Å²) in [5, 5.41) is 17.7. The number of hydrogen-bond donors (Lipinski definition) is 2. The lowest BCUT2D eigenvalue weighted by atomic mass is 10.0. The number of esters is 1. The lowest BCUT2D eigenvalue weighted by Gasteiger charge is -2.08. The van der Waals surface area contributed by atoms with Crippen LogP contribution < -0.4 is 0 Å². The van der Waals surface area contributed by atoms with E-state index in [1.165, 1.54) is 276 Å². The summed E-state index contributed by atoms with van der Waals surface area (Å²) in [5.74, 6) is -0.276. The van der Waals surface area contributed by atoms with E-state index in [1.54, 1.807) is 0 Å². The van der Waals surface area contributed by atoms with Crippen molar-refractivity contribution in [2.75, 3.05) is 13.2 Å². The highest BCUT2D eigenvalue weighted by atomic mass is 16.5. The summed E-state index contributed by atoms with van der Waals surface area (Å²) in [6, 6.07) is 0. The van der Waals surface area contributed by atoms with Gasteiger partial charge in [0.2, 0.25) is 0 Å². The first-order valence-electron chi connectivity index (χ1n) is 28.4. The molecule has 61 heavy (non-hydrogen) atoms. The number of carbonyl (C=O) groups excluding carboxylic acids is 1. The predicted molar refractivity (Wildman–Crippen MR) is 276 cm³/mol. The molecule has 0 heterocycles. The van der Waals surface area contributed by atoms with Gasteiger partial charge in [-0.2, -0.15) is 0 Å². The van der Waals surface area contributed by atoms with E-state index in [4.69, 9.17) is 14.9 Å². The van der Waals surface area contributed by atoms with Crippen molar-refractivity contribution in [1.29, 1.82) is 0 Å². The van der Waals surface area contributed by atoms with E-state index in [-0.39, 0.29) is 19.2 Å². The van der Waals surface area contributed by atoms with Gasteiger partial charge < -0.3 is 14.9 Å². The minimum Gasteiger partial charge on any atom is -0.463 e. The van der Waals surface area contributed by atoms with Crippen molar-refractivity contribution in [2.45, 2.75) is 350 Å². The van der Waals surface area contributed by atoms with Gasteiger partial charge in [-0.25, -0.2) is 0 Å². The van der Waals surface area contributed by atoms with Crippen LogP contribution in [0.2, 0.25) is 0 Å². The second-order valence-corrected chi connectivity index (χ2v) is 18.7. The molecule has 372 valence electrons. The van der Waals surface area contributed by atoms with Crippen LogP contribution >= 0.6 is 0 Å². The smallest absolute Gasteiger partial charge is 0.305 e. The third kappa shape index (κ3) is 77.0. The molecule has 0 aliphatic heterocycles. The second kappa shape index (κ2) is 68.4. The van der Waals surface area contributed by atoms with Gasteiger partial charge in [-0.3, -0.25) is 4.79 Å². The molecular weight excluding hydrogens is 749 g/mol. The van der Waals surface area contributed by atoms with Crippen LogP contribution in [-0.2, 0) is 9.53 Å². The van der Waals surface area contributed by atoms with E-state index < -0.39 is 6.10 Å². The zero-order valence-corrected chi connectivity index (χ0v) is 43.7. The van der Waals surface area contributed by atoms with Crippen molar-refractivity contribution in [3.8, 4) is 0 Å². The monoisotopic (exact) mass is 869 g/mol. The highest BCUT2D eigenvalue weighted by Gasteiger charge is 2.07. The van der Waals surface area contributed by atoms with E-state index in [0.29, 0.717) is 6.42 Å². The number of aliphatic hydroxyl groups is 2. The van der Waals surface area contributed by atoms with Gasteiger partial charge in [0, 0.05) is 6.42 Å². The fourth-order valence-electron chi connectivity index (χ4n) is 7.64. The van der Waals surface area contributed by atoms with Crippen molar-refractivity contribution in [1.82, 2.24) is 0 Å². The van der Waals surface area contributed by atoms with E-state index in [1.807, 2.05) is 0 Å². The van der Waals surface area contributed by atoms with Gasteiger partial charge in [0.25, 0.3) is 0 Å². The molecule has 0 amide bonds. The molecule has 0 saturated heterocycles. The van der Waals surface area contributed by atoms with Crippen molar-refractivity contribution >= 4 is 5.97 Å². The Bertz CT molecular complexity index is 619. The third-order valence-electron chi connectivity index (χ3n) is 12.0. The Balaban J connectivity index is -0.000000382. The minimum absolute atomic E-state index is 0.103. The molecule has 0 fully saturated rings. The van der Waals surface area contributed by atoms with Gasteiger partial charge in [0.15, 0.2) is 0 Å². The molecule has 4 nitrogen and oxygen atoms in total. The molecule has 0 aromatic rings. The number of aliphatic hydroxyl groups excluding tert-OH is 2. The Hall–Kier alpha value is -0.610. The first kappa shape index (κ1) is 67.0. The van der Waals surface area contributed by atoms with Crippen LogP contribution in [0.25, 0.3) is 0 Å². The second-order valence-electron chi connectivity index (χ2n) is 18.7. The number of unbranched alkanes of at least 4 members (excludes halogenated alkanes) is 41. The Morgan fingerprint density at radius 1 is 0.311 bits per heavy atom. The van der Waals surface area contributed by atoms with Gasteiger partial charge in [0.05, 0.1) is 6.61 Å². The van der Waals surface area contributed by atoms with Crippen LogP contribution in [0.5, 0.6) is 0 Å². The molecule has 0 aliphatic rings. The molecule has 4 heteroatoms. The Labute approximate surface area is 387 Å². The van der Waals surface area contributed by atoms with Crippen LogP contribution in [0.3, 0.4) is 0 Å². The number of ether oxygens (including phenoxy) is 1. The Morgan fingerprint density at radius 2 is 0.475 bits per heavy atom. The molecule has 0 spiro atoms. The SMILES string of the molecule is CCCCCCCCCCCC.CCCCCCCCCCCC.CCCCCCCCCCCC.CCCCCCCCCCCCCCCCCC(=O)OCC(O)CO. The fraction of sp³-hybridized carbons (Fsp3) is 0.982. The summed E-state index contributed by atoms with van der Waals surface area (Å²) in [7, 11) is 0. The average molecular weight is 870 g/mol. The van der Waals surface area contributed by atoms with E-state index in [0.717, 1.165) is 12.8 Å². The predicted octanol–water partition coefficient (Wildman–Crippen LogP) is 19.9. The van der Waals surface area contributed by atoms with Crippen LogP contribution in [0, 0.1) is 0 Å². The molecule has 0 rings (SSSR count). The van der Waals surface area contributed by atoms with Gasteiger partial charge in [-0.1, -0.05) is 331 Å². The fourth-order valence-corrected chi connectivity index (χ4v) is 7.64. The molecule has 0 aromatic heterocycles. The average Bonchev–Trinajstić information content (AvgIpc) is 3.27. The zero-order chi connectivity index (χ0) is 45.8. The third-order valence-corrected chi connectivity index (χ3v) is 12.0. The Kier molecular flexibility index (Phi) is 75.2. The molecule has 0 aliphatic carbocycles. The highest BCUT2D eigenvalue weighted by molar-refractivity contribution is 5.69. The van der Waals surface area contributed by atoms with Crippen molar-refractivity contribution in [2.24, 2.45) is 0 Å². The summed E-state index contributed by atoms with van der Waals surface area (Å²) in [5.41, 5.74) is 0. The molecule has 1 atom stereocenters. The number of rotatable bonds is 46.